The van der Waals surface area contributed by atoms with Crippen molar-refractivity contribution in [3.8, 4) is 11.1 Å². The van der Waals surface area contributed by atoms with Crippen LogP contribution in [0, 0.1) is 0 Å². The number of nitrogens with two attached hydrogens (primary N) is 2. The van der Waals surface area contributed by atoms with Crippen molar-refractivity contribution in [3.63, 3.8) is 0 Å². The van der Waals surface area contributed by atoms with Gasteiger partial charge in [-0.25, -0.2) is 9.97 Å². The van der Waals surface area contributed by atoms with E-state index in [4.69, 9.17) is 11.5 Å². The summed E-state index contributed by atoms with van der Waals surface area (Å²) < 4.78 is 0. The highest BCUT2D eigenvalue weighted by molar-refractivity contribution is 5.96. The number of hydrogen-bond donors (Lipinski definition) is 4. The van der Waals surface area contributed by atoms with E-state index < -0.39 is 17.9 Å². The molecule has 0 fully saturated rings. The van der Waals surface area contributed by atoms with Crippen LogP contribution in [0.2, 0.25) is 0 Å². The van der Waals surface area contributed by atoms with Crippen molar-refractivity contribution in [3.05, 3.63) is 60.7 Å². The van der Waals surface area contributed by atoms with Crippen LogP contribution >= 0.6 is 0 Å². The van der Waals surface area contributed by atoms with E-state index in [1.54, 1.807) is 12.4 Å². The van der Waals surface area contributed by atoms with Gasteiger partial charge < -0.3 is 22.1 Å². The average molecular weight is 391 g/mol. The van der Waals surface area contributed by atoms with Gasteiger partial charge in [0, 0.05) is 18.1 Å². The van der Waals surface area contributed by atoms with Gasteiger partial charge in [0.25, 0.3) is 5.91 Å². The SMILES string of the molecule is CC[C@@H](Nc1cnc(C(N)=O)c(Nc2ccc(-c3ccncc3)cc2)n1)C(N)=O. The Morgan fingerprint density at radius 3 is 2.28 bits per heavy atom. The molecule has 1 atom stereocenters. The van der Waals surface area contributed by atoms with Crippen molar-refractivity contribution in [2.75, 3.05) is 10.6 Å². The number of nitrogens with one attached hydrogen (secondary N) is 2. The number of carbonyl (C=O) groups is 2. The molecular formula is C20H21N7O2. The molecule has 3 aromatic rings. The molecule has 2 amide bonds. The molecule has 148 valence electrons. The Balaban J connectivity index is 1.85. The van der Waals surface area contributed by atoms with Crippen LogP contribution in [0.15, 0.2) is 55.0 Å². The Hall–Kier alpha value is -4.01. The highest BCUT2D eigenvalue weighted by Crippen LogP contribution is 2.24. The number of anilines is 3. The minimum atomic E-state index is -0.720. The summed E-state index contributed by atoms with van der Waals surface area (Å²) in [5.41, 5.74) is 13.5. The molecule has 9 nitrogen and oxygen atoms in total. The molecule has 0 radical (unpaired) electrons. The summed E-state index contributed by atoms with van der Waals surface area (Å²) in [6, 6.07) is 10.8. The number of primary amides is 2. The molecule has 0 saturated heterocycles. The van der Waals surface area contributed by atoms with Crippen molar-refractivity contribution in [1.29, 1.82) is 0 Å². The maximum Gasteiger partial charge on any atom is 0.271 e. The standard InChI is InChI=1S/C20H21N7O2/c1-2-15(18(21)28)26-16-11-24-17(19(22)29)20(27-16)25-14-5-3-12(4-6-14)13-7-9-23-10-8-13/h3-11,15H,2H2,1H3,(H2,21,28)(H2,22,29)(H2,25,26,27)/t15-/m1/s1. The Morgan fingerprint density at radius 1 is 1.03 bits per heavy atom. The van der Waals surface area contributed by atoms with E-state index in [2.05, 4.69) is 25.6 Å². The molecule has 2 aromatic heterocycles. The Morgan fingerprint density at radius 2 is 1.69 bits per heavy atom. The molecule has 0 saturated carbocycles. The Labute approximate surface area is 167 Å². The number of amides is 2. The van der Waals surface area contributed by atoms with Gasteiger partial charge in [0.1, 0.15) is 11.9 Å². The van der Waals surface area contributed by atoms with E-state index in [9.17, 15) is 9.59 Å². The predicted octanol–water partition coefficient (Wildman–Crippen LogP) is 2.06. The van der Waals surface area contributed by atoms with E-state index in [0.717, 1.165) is 11.1 Å². The Kier molecular flexibility index (Phi) is 5.98. The fraction of sp³-hybridized carbons (Fsp3) is 0.150. The molecule has 0 aliphatic carbocycles. The topological polar surface area (TPSA) is 149 Å². The lowest BCUT2D eigenvalue weighted by Gasteiger charge is -2.15. The summed E-state index contributed by atoms with van der Waals surface area (Å²) in [5.74, 6) is -0.744. The summed E-state index contributed by atoms with van der Waals surface area (Å²) in [7, 11) is 0. The van der Waals surface area contributed by atoms with Crippen LogP contribution in [-0.2, 0) is 4.79 Å². The van der Waals surface area contributed by atoms with Gasteiger partial charge in [-0.2, -0.15) is 0 Å². The summed E-state index contributed by atoms with van der Waals surface area (Å²) in [6.07, 6.45) is 5.27. The molecule has 2 heterocycles. The summed E-state index contributed by atoms with van der Waals surface area (Å²) >= 11 is 0. The van der Waals surface area contributed by atoms with E-state index in [-0.39, 0.29) is 11.5 Å². The first kappa shape index (κ1) is 19.7. The van der Waals surface area contributed by atoms with E-state index in [1.807, 2.05) is 43.3 Å². The van der Waals surface area contributed by atoms with Gasteiger partial charge in [-0.1, -0.05) is 19.1 Å². The molecule has 0 aliphatic rings. The highest BCUT2D eigenvalue weighted by Gasteiger charge is 2.17. The molecule has 0 spiro atoms. The lowest BCUT2D eigenvalue weighted by Crippen LogP contribution is -2.35. The first-order valence-electron chi connectivity index (χ1n) is 8.98. The third kappa shape index (κ3) is 4.83. The van der Waals surface area contributed by atoms with Crippen molar-refractivity contribution in [2.24, 2.45) is 11.5 Å². The summed E-state index contributed by atoms with van der Waals surface area (Å²) in [6.45, 7) is 1.82. The maximum absolute atomic E-state index is 11.7. The average Bonchev–Trinajstić information content (AvgIpc) is 2.73. The lowest BCUT2D eigenvalue weighted by atomic mass is 10.1. The highest BCUT2D eigenvalue weighted by atomic mass is 16.1. The number of benzene rings is 1. The number of nitrogens with zero attached hydrogens (tertiary/aromatic N) is 3. The number of aromatic nitrogens is 3. The third-order valence-corrected chi connectivity index (χ3v) is 4.24. The van der Waals surface area contributed by atoms with Gasteiger partial charge >= 0.3 is 0 Å². The van der Waals surface area contributed by atoms with Crippen LogP contribution in [0.1, 0.15) is 23.8 Å². The van der Waals surface area contributed by atoms with Crippen LogP contribution in [-0.4, -0.2) is 32.8 Å². The van der Waals surface area contributed by atoms with Gasteiger partial charge in [0.15, 0.2) is 11.5 Å². The van der Waals surface area contributed by atoms with Crippen molar-refractivity contribution < 1.29 is 9.59 Å². The zero-order chi connectivity index (χ0) is 20.8. The first-order valence-corrected chi connectivity index (χ1v) is 8.98. The second-order valence-electron chi connectivity index (χ2n) is 6.26. The second-order valence-corrected chi connectivity index (χ2v) is 6.26. The van der Waals surface area contributed by atoms with Crippen LogP contribution in [0.5, 0.6) is 0 Å². The smallest absolute Gasteiger partial charge is 0.271 e. The maximum atomic E-state index is 11.7. The zero-order valence-electron chi connectivity index (χ0n) is 15.8. The van der Waals surface area contributed by atoms with Crippen LogP contribution in [0.3, 0.4) is 0 Å². The van der Waals surface area contributed by atoms with Gasteiger partial charge in [-0.05, 0) is 41.8 Å². The molecule has 0 aliphatic heterocycles. The molecule has 9 heteroatoms. The quantitative estimate of drug-likeness (QED) is 0.459. The number of carbonyl (C=O) groups excluding carboxylic acids is 2. The molecule has 0 unspecified atom stereocenters. The van der Waals surface area contributed by atoms with Gasteiger partial charge in [0.2, 0.25) is 5.91 Å². The first-order chi connectivity index (χ1) is 14.0. The molecule has 29 heavy (non-hydrogen) atoms. The monoisotopic (exact) mass is 391 g/mol. The van der Waals surface area contributed by atoms with Gasteiger partial charge in [-0.15, -0.1) is 0 Å². The normalized spacial score (nSPS) is 11.5. The number of hydrogen-bond acceptors (Lipinski definition) is 7. The molecule has 1 aromatic carbocycles. The largest absolute Gasteiger partial charge is 0.368 e. The van der Waals surface area contributed by atoms with Gasteiger partial charge in [-0.3, -0.25) is 14.6 Å². The summed E-state index contributed by atoms with van der Waals surface area (Å²) in [4.78, 5) is 35.6. The Bertz CT molecular complexity index is 1010. The van der Waals surface area contributed by atoms with Crippen molar-refractivity contribution in [2.45, 2.75) is 19.4 Å². The van der Waals surface area contributed by atoms with E-state index >= 15 is 0 Å². The molecule has 3 rings (SSSR count). The van der Waals surface area contributed by atoms with E-state index in [0.29, 0.717) is 17.9 Å². The van der Waals surface area contributed by atoms with Crippen molar-refractivity contribution in [1.82, 2.24) is 15.0 Å². The van der Waals surface area contributed by atoms with Crippen molar-refractivity contribution >= 4 is 29.1 Å². The van der Waals surface area contributed by atoms with Crippen LogP contribution < -0.4 is 22.1 Å². The fourth-order valence-electron chi connectivity index (χ4n) is 2.71. The minimum absolute atomic E-state index is 0.0131. The van der Waals surface area contributed by atoms with E-state index in [1.165, 1.54) is 6.20 Å². The number of pyridine rings is 1. The fourth-order valence-corrected chi connectivity index (χ4v) is 2.71. The van der Waals surface area contributed by atoms with Crippen LogP contribution in [0.25, 0.3) is 11.1 Å². The minimum Gasteiger partial charge on any atom is -0.368 e. The zero-order valence-corrected chi connectivity index (χ0v) is 15.8. The molecule has 6 N–H and O–H groups in total. The summed E-state index contributed by atoms with van der Waals surface area (Å²) in [5, 5.41) is 5.96. The lowest BCUT2D eigenvalue weighted by molar-refractivity contribution is -0.118. The third-order valence-electron chi connectivity index (χ3n) is 4.24. The predicted molar refractivity (Wildman–Crippen MR) is 110 cm³/mol. The number of rotatable bonds is 8. The molecular weight excluding hydrogens is 370 g/mol. The van der Waals surface area contributed by atoms with Gasteiger partial charge in [0.05, 0.1) is 6.20 Å². The van der Waals surface area contributed by atoms with Crippen LogP contribution in [0.4, 0.5) is 17.3 Å². The molecule has 0 bridgehead atoms. The second kappa shape index (κ2) is 8.79.